The summed E-state index contributed by atoms with van der Waals surface area (Å²) in [5, 5.41) is 20.6. The van der Waals surface area contributed by atoms with Crippen molar-refractivity contribution < 1.29 is 34.1 Å². The van der Waals surface area contributed by atoms with Gasteiger partial charge in [-0.05, 0) is 48.9 Å². The van der Waals surface area contributed by atoms with Gasteiger partial charge in [-0.2, -0.15) is 0 Å². The second-order valence-corrected chi connectivity index (χ2v) is 7.68. The molecule has 0 radical (unpaired) electrons. The fourth-order valence-corrected chi connectivity index (χ4v) is 3.00. The van der Waals surface area contributed by atoms with Gasteiger partial charge in [0, 0.05) is 22.7 Å². The lowest BCUT2D eigenvalue weighted by molar-refractivity contribution is -0.131. The number of aliphatic carboxylic acids is 1. The van der Waals surface area contributed by atoms with Crippen molar-refractivity contribution in [2.24, 2.45) is 5.41 Å². The maximum Gasteiger partial charge on any atom is 0.412 e. The number of carboxylic acids is 1. The minimum Gasteiger partial charge on any atom is -0.491 e. The molecule has 32 heavy (non-hydrogen) atoms. The first-order valence-electron chi connectivity index (χ1n) is 9.97. The van der Waals surface area contributed by atoms with Gasteiger partial charge in [0.25, 0.3) is 0 Å². The Morgan fingerprint density at radius 3 is 2.41 bits per heavy atom. The van der Waals surface area contributed by atoms with Crippen LogP contribution in [-0.2, 0) is 9.53 Å². The number of carbonyl (C=O) groups excluding carboxylic acids is 2. The topological polar surface area (TPSA) is 122 Å². The molecular formula is C24H27NO7. The first kappa shape index (κ1) is 24.6. The Kier molecular flexibility index (Phi) is 8.54. The molecule has 3 N–H and O–H groups in total. The second-order valence-electron chi connectivity index (χ2n) is 7.68. The second kappa shape index (κ2) is 11.1. The normalized spacial score (nSPS) is 12.2. The zero-order valence-corrected chi connectivity index (χ0v) is 18.2. The third kappa shape index (κ3) is 7.24. The maximum absolute atomic E-state index is 12.7. The van der Waals surface area contributed by atoms with E-state index in [-0.39, 0.29) is 19.0 Å². The SMILES string of the molecule is CC(=O)c1ccc(NC(=O)O[C@@H](c2cccc(OCCO)c2)C(C)(C)/C=C/C(=O)O)cc1. The number of Topliss-reactive ketones (excluding diaryl/α,β-unsaturated/α-hetero) is 1. The van der Waals surface area contributed by atoms with Crippen LogP contribution in [0.3, 0.4) is 0 Å². The summed E-state index contributed by atoms with van der Waals surface area (Å²) in [6.07, 6.45) is 0.855. The number of carboxylic acid groups (broad SMARTS) is 1. The van der Waals surface area contributed by atoms with Gasteiger partial charge in [0.2, 0.25) is 0 Å². The predicted octanol–water partition coefficient (Wildman–Crippen LogP) is 4.22. The number of nitrogens with one attached hydrogen (secondary N) is 1. The average Bonchev–Trinajstić information content (AvgIpc) is 2.75. The molecule has 2 aromatic rings. The zero-order valence-electron chi connectivity index (χ0n) is 18.2. The van der Waals surface area contributed by atoms with Gasteiger partial charge >= 0.3 is 12.1 Å². The summed E-state index contributed by atoms with van der Waals surface area (Å²) in [6.45, 7) is 4.89. The molecular weight excluding hydrogens is 414 g/mol. The monoisotopic (exact) mass is 441 g/mol. The molecule has 1 amide bonds. The van der Waals surface area contributed by atoms with Crippen molar-refractivity contribution in [3.8, 4) is 5.75 Å². The minimum atomic E-state index is -1.12. The number of ketones is 1. The van der Waals surface area contributed by atoms with Crippen molar-refractivity contribution in [2.45, 2.75) is 26.9 Å². The summed E-state index contributed by atoms with van der Waals surface area (Å²) < 4.78 is 11.2. The molecule has 0 bridgehead atoms. The number of amides is 1. The minimum absolute atomic E-state index is 0.0885. The number of hydrogen-bond acceptors (Lipinski definition) is 6. The van der Waals surface area contributed by atoms with E-state index in [0.717, 1.165) is 6.08 Å². The van der Waals surface area contributed by atoms with Crippen LogP contribution in [0.25, 0.3) is 0 Å². The van der Waals surface area contributed by atoms with Gasteiger partial charge in [0.05, 0.1) is 6.61 Å². The van der Waals surface area contributed by atoms with Crippen molar-refractivity contribution in [3.05, 3.63) is 71.8 Å². The van der Waals surface area contributed by atoms with E-state index < -0.39 is 23.6 Å². The van der Waals surface area contributed by atoms with E-state index in [0.29, 0.717) is 22.6 Å². The van der Waals surface area contributed by atoms with Crippen molar-refractivity contribution in [3.63, 3.8) is 0 Å². The molecule has 2 rings (SSSR count). The van der Waals surface area contributed by atoms with E-state index in [4.69, 9.17) is 19.7 Å². The van der Waals surface area contributed by atoms with E-state index in [2.05, 4.69) is 5.32 Å². The van der Waals surface area contributed by atoms with Crippen LogP contribution >= 0.6 is 0 Å². The molecule has 8 nitrogen and oxygen atoms in total. The molecule has 8 heteroatoms. The van der Waals surface area contributed by atoms with Crippen LogP contribution in [-0.4, -0.2) is 41.3 Å². The van der Waals surface area contributed by atoms with Crippen LogP contribution < -0.4 is 10.1 Å². The number of aliphatic hydroxyl groups excluding tert-OH is 1. The van der Waals surface area contributed by atoms with Gasteiger partial charge in [-0.25, -0.2) is 9.59 Å². The third-order valence-corrected chi connectivity index (χ3v) is 4.61. The predicted molar refractivity (Wildman–Crippen MR) is 119 cm³/mol. The van der Waals surface area contributed by atoms with E-state index in [1.165, 1.54) is 13.0 Å². The smallest absolute Gasteiger partial charge is 0.412 e. The lowest BCUT2D eigenvalue weighted by atomic mass is 9.82. The van der Waals surface area contributed by atoms with Gasteiger partial charge in [-0.1, -0.05) is 32.1 Å². The van der Waals surface area contributed by atoms with Crippen LogP contribution in [0, 0.1) is 5.41 Å². The van der Waals surface area contributed by atoms with Crippen LogP contribution in [0.1, 0.15) is 42.8 Å². The Morgan fingerprint density at radius 1 is 1.12 bits per heavy atom. The number of aliphatic hydroxyl groups is 1. The molecule has 1 atom stereocenters. The molecule has 0 aliphatic carbocycles. The summed E-state index contributed by atoms with van der Waals surface area (Å²) in [5.41, 5.74) is 0.658. The standard InChI is InChI=1S/C24H27NO7/c1-16(27)17-7-9-19(10-8-17)25-23(30)32-22(24(2,3)12-11-21(28)29)18-5-4-6-20(15-18)31-14-13-26/h4-12,15,22,26H,13-14H2,1-3H3,(H,25,30)(H,28,29)/b12-11+/t22-/m0/s1. The van der Waals surface area contributed by atoms with Crippen molar-refractivity contribution >= 4 is 23.5 Å². The summed E-state index contributed by atoms with van der Waals surface area (Å²) in [6, 6.07) is 13.2. The molecule has 0 aromatic heterocycles. The Balaban J connectivity index is 2.28. The number of benzene rings is 2. The fourth-order valence-electron chi connectivity index (χ4n) is 3.00. The first-order valence-corrected chi connectivity index (χ1v) is 9.97. The highest BCUT2D eigenvalue weighted by molar-refractivity contribution is 5.95. The van der Waals surface area contributed by atoms with Crippen LogP contribution in [0.15, 0.2) is 60.7 Å². The molecule has 0 fully saturated rings. The molecule has 0 spiro atoms. The molecule has 2 aromatic carbocycles. The van der Waals surface area contributed by atoms with Crippen LogP contribution in [0.4, 0.5) is 10.5 Å². The molecule has 0 saturated carbocycles. The largest absolute Gasteiger partial charge is 0.491 e. The van der Waals surface area contributed by atoms with Gasteiger partial charge in [0.15, 0.2) is 5.78 Å². The van der Waals surface area contributed by atoms with Crippen LogP contribution in [0.2, 0.25) is 0 Å². The number of anilines is 1. The zero-order chi connectivity index (χ0) is 23.7. The highest BCUT2D eigenvalue weighted by atomic mass is 16.6. The Hall–Kier alpha value is -3.65. The van der Waals surface area contributed by atoms with Gasteiger partial charge in [-0.15, -0.1) is 0 Å². The van der Waals surface area contributed by atoms with E-state index in [9.17, 15) is 14.4 Å². The third-order valence-electron chi connectivity index (χ3n) is 4.61. The number of ether oxygens (including phenoxy) is 2. The van der Waals surface area contributed by atoms with Crippen molar-refractivity contribution in [2.75, 3.05) is 18.5 Å². The maximum atomic E-state index is 12.7. The quantitative estimate of drug-likeness (QED) is 0.373. The van der Waals surface area contributed by atoms with Gasteiger partial charge in [0.1, 0.15) is 18.5 Å². The Bertz CT molecular complexity index is 980. The summed E-state index contributed by atoms with van der Waals surface area (Å²) in [7, 11) is 0. The first-order chi connectivity index (χ1) is 15.1. The summed E-state index contributed by atoms with van der Waals surface area (Å²) >= 11 is 0. The van der Waals surface area contributed by atoms with E-state index >= 15 is 0 Å². The van der Waals surface area contributed by atoms with Crippen LogP contribution in [0.5, 0.6) is 5.75 Å². The summed E-state index contributed by atoms with van der Waals surface area (Å²) in [5.74, 6) is -0.732. The molecule has 0 unspecified atom stereocenters. The number of hydrogen-bond donors (Lipinski definition) is 3. The van der Waals surface area contributed by atoms with E-state index in [1.807, 2.05) is 0 Å². The highest BCUT2D eigenvalue weighted by Crippen LogP contribution is 2.39. The Labute approximate surface area is 186 Å². The van der Waals surface area contributed by atoms with Gasteiger partial charge in [-0.3, -0.25) is 10.1 Å². The number of rotatable bonds is 10. The van der Waals surface area contributed by atoms with Gasteiger partial charge < -0.3 is 19.7 Å². The fraction of sp³-hybridized carbons (Fsp3) is 0.292. The van der Waals surface area contributed by atoms with Crippen molar-refractivity contribution in [1.29, 1.82) is 0 Å². The molecule has 170 valence electrons. The molecule has 0 aliphatic heterocycles. The average molecular weight is 441 g/mol. The highest BCUT2D eigenvalue weighted by Gasteiger charge is 2.33. The van der Waals surface area contributed by atoms with Crippen molar-refractivity contribution in [1.82, 2.24) is 0 Å². The lowest BCUT2D eigenvalue weighted by Crippen LogP contribution is -2.28. The molecule has 0 saturated heterocycles. The molecule has 0 aliphatic rings. The lowest BCUT2D eigenvalue weighted by Gasteiger charge is -2.31. The van der Waals surface area contributed by atoms with E-state index in [1.54, 1.807) is 62.4 Å². The summed E-state index contributed by atoms with van der Waals surface area (Å²) in [4.78, 5) is 35.1. The molecule has 0 heterocycles. The number of carbonyl (C=O) groups is 3. The Morgan fingerprint density at radius 2 is 1.81 bits per heavy atom.